The van der Waals surface area contributed by atoms with Crippen LogP contribution in [0.3, 0.4) is 0 Å². The standard InChI is InChI=1S/C15H22N8.HI/c1-16-15(18-11-14-19-12-20-21(14)2)23-9-7-22(8-10-23)13-5-3-4-6-17-13;/h3-6,12H,7-11H2,1-2H3,(H,16,18);1H. The molecule has 130 valence electrons. The lowest BCUT2D eigenvalue weighted by molar-refractivity contribution is 0.370. The molecule has 0 amide bonds. The maximum Gasteiger partial charge on any atom is 0.194 e. The molecule has 8 nitrogen and oxygen atoms in total. The molecule has 24 heavy (non-hydrogen) atoms. The molecule has 0 aromatic carbocycles. The molecule has 1 aliphatic rings. The van der Waals surface area contributed by atoms with Crippen molar-refractivity contribution in [1.82, 2.24) is 30.0 Å². The number of rotatable bonds is 3. The predicted octanol–water partition coefficient (Wildman–Crippen LogP) is 0.726. The molecular weight excluding hydrogens is 419 g/mol. The van der Waals surface area contributed by atoms with Gasteiger partial charge in [0.2, 0.25) is 0 Å². The first kappa shape index (κ1) is 18.4. The van der Waals surface area contributed by atoms with E-state index in [1.54, 1.807) is 11.0 Å². The van der Waals surface area contributed by atoms with Gasteiger partial charge in [0.25, 0.3) is 0 Å². The molecule has 2 aromatic heterocycles. The summed E-state index contributed by atoms with van der Waals surface area (Å²) in [6.07, 6.45) is 3.40. The van der Waals surface area contributed by atoms with Crippen molar-refractivity contribution in [3.63, 3.8) is 0 Å². The van der Waals surface area contributed by atoms with Crippen molar-refractivity contribution in [2.24, 2.45) is 12.0 Å². The summed E-state index contributed by atoms with van der Waals surface area (Å²) in [4.78, 5) is 17.6. The molecule has 0 unspecified atom stereocenters. The average Bonchev–Trinajstić information content (AvgIpc) is 3.02. The van der Waals surface area contributed by atoms with Gasteiger partial charge in [-0.25, -0.2) is 9.97 Å². The van der Waals surface area contributed by atoms with E-state index in [9.17, 15) is 0 Å². The minimum atomic E-state index is 0. The van der Waals surface area contributed by atoms with Crippen LogP contribution in [0, 0.1) is 0 Å². The van der Waals surface area contributed by atoms with Gasteiger partial charge in [-0.2, -0.15) is 5.10 Å². The topological polar surface area (TPSA) is 74.5 Å². The Morgan fingerprint density at radius 2 is 2.00 bits per heavy atom. The van der Waals surface area contributed by atoms with Crippen molar-refractivity contribution in [3.05, 3.63) is 36.5 Å². The maximum absolute atomic E-state index is 4.42. The van der Waals surface area contributed by atoms with E-state index in [1.165, 1.54) is 0 Å². The minimum absolute atomic E-state index is 0. The minimum Gasteiger partial charge on any atom is -0.353 e. The van der Waals surface area contributed by atoms with Crippen molar-refractivity contribution >= 4 is 35.8 Å². The lowest BCUT2D eigenvalue weighted by Crippen LogP contribution is -2.52. The monoisotopic (exact) mass is 442 g/mol. The first-order valence-electron chi connectivity index (χ1n) is 7.72. The second-order valence-electron chi connectivity index (χ2n) is 5.36. The van der Waals surface area contributed by atoms with E-state index < -0.39 is 0 Å². The van der Waals surface area contributed by atoms with Crippen LogP contribution >= 0.6 is 24.0 Å². The van der Waals surface area contributed by atoms with Gasteiger partial charge in [-0.05, 0) is 12.1 Å². The molecule has 0 saturated carbocycles. The van der Waals surface area contributed by atoms with Gasteiger partial charge >= 0.3 is 0 Å². The van der Waals surface area contributed by atoms with Crippen molar-refractivity contribution in [2.75, 3.05) is 38.1 Å². The molecule has 0 spiro atoms. The van der Waals surface area contributed by atoms with E-state index in [0.717, 1.165) is 43.8 Å². The van der Waals surface area contributed by atoms with Crippen molar-refractivity contribution < 1.29 is 0 Å². The van der Waals surface area contributed by atoms with Crippen molar-refractivity contribution in [3.8, 4) is 0 Å². The molecule has 3 heterocycles. The van der Waals surface area contributed by atoms with Crippen molar-refractivity contribution in [2.45, 2.75) is 6.54 Å². The highest BCUT2D eigenvalue weighted by Crippen LogP contribution is 2.12. The largest absolute Gasteiger partial charge is 0.353 e. The molecule has 9 heteroatoms. The summed E-state index contributed by atoms with van der Waals surface area (Å²) in [6.45, 7) is 4.30. The third-order valence-corrected chi connectivity index (χ3v) is 3.97. The highest BCUT2D eigenvalue weighted by Gasteiger charge is 2.20. The fourth-order valence-corrected chi connectivity index (χ4v) is 2.66. The summed E-state index contributed by atoms with van der Waals surface area (Å²) in [5, 5.41) is 7.43. The number of pyridine rings is 1. The fraction of sp³-hybridized carbons (Fsp3) is 0.467. The van der Waals surface area contributed by atoms with Gasteiger partial charge in [0.05, 0.1) is 6.54 Å². The molecule has 1 N–H and O–H groups in total. The molecule has 0 bridgehead atoms. The molecule has 1 saturated heterocycles. The Balaban J connectivity index is 0.00000208. The molecule has 1 aliphatic heterocycles. The van der Waals surface area contributed by atoms with E-state index in [-0.39, 0.29) is 24.0 Å². The summed E-state index contributed by atoms with van der Waals surface area (Å²) < 4.78 is 1.76. The van der Waals surface area contributed by atoms with Crippen LogP contribution in [0.25, 0.3) is 0 Å². The summed E-state index contributed by atoms with van der Waals surface area (Å²) in [6, 6.07) is 6.02. The number of hydrogen-bond acceptors (Lipinski definition) is 5. The fourth-order valence-electron chi connectivity index (χ4n) is 2.66. The maximum atomic E-state index is 4.42. The Bertz CT molecular complexity index is 649. The van der Waals surface area contributed by atoms with Crippen molar-refractivity contribution in [1.29, 1.82) is 0 Å². The van der Waals surface area contributed by atoms with E-state index in [4.69, 9.17) is 0 Å². The van der Waals surface area contributed by atoms with Crippen LogP contribution in [0.1, 0.15) is 5.82 Å². The Kier molecular flexibility index (Phi) is 6.76. The van der Waals surface area contributed by atoms with Gasteiger partial charge in [-0.1, -0.05) is 6.07 Å². The zero-order valence-corrected chi connectivity index (χ0v) is 16.3. The number of hydrogen-bond donors (Lipinski definition) is 1. The number of halogens is 1. The number of guanidine groups is 1. The molecule has 1 fully saturated rings. The Hall–Kier alpha value is -1.91. The van der Waals surface area contributed by atoms with E-state index in [2.05, 4.69) is 41.2 Å². The van der Waals surface area contributed by atoms with E-state index in [1.807, 2.05) is 32.4 Å². The highest BCUT2D eigenvalue weighted by atomic mass is 127. The summed E-state index contributed by atoms with van der Waals surface area (Å²) in [5.74, 6) is 2.82. The van der Waals surface area contributed by atoms with Gasteiger partial charge in [-0.15, -0.1) is 24.0 Å². The number of nitrogens with one attached hydrogen (secondary N) is 1. The summed E-state index contributed by atoms with van der Waals surface area (Å²) in [7, 11) is 3.70. The van der Waals surface area contributed by atoms with Crippen LogP contribution in [0.15, 0.2) is 35.7 Å². The number of aromatic nitrogens is 4. The number of nitrogens with zero attached hydrogens (tertiary/aromatic N) is 7. The van der Waals surface area contributed by atoms with Crippen LogP contribution in [-0.4, -0.2) is 63.8 Å². The van der Waals surface area contributed by atoms with E-state index in [0.29, 0.717) is 6.54 Å². The number of piperazine rings is 1. The highest BCUT2D eigenvalue weighted by molar-refractivity contribution is 14.0. The van der Waals surface area contributed by atoms with Crippen LogP contribution in [0.2, 0.25) is 0 Å². The first-order valence-corrected chi connectivity index (χ1v) is 7.72. The van der Waals surface area contributed by atoms with Gasteiger partial charge in [0.1, 0.15) is 18.0 Å². The molecular formula is C15H23IN8. The number of aliphatic imine (C=N–C) groups is 1. The molecule has 3 rings (SSSR count). The molecule has 0 aliphatic carbocycles. The molecule has 2 aromatic rings. The van der Waals surface area contributed by atoms with Crippen LogP contribution in [-0.2, 0) is 13.6 Å². The Morgan fingerprint density at radius 1 is 1.21 bits per heavy atom. The normalized spacial score (nSPS) is 15.2. The molecule has 0 radical (unpaired) electrons. The third-order valence-electron chi connectivity index (χ3n) is 3.97. The second kappa shape index (κ2) is 8.81. The lowest BCUT2D eigenvalue weighted by Gasteiger charge is -2.37. The second-order valence-corrected chi connectivity index (χ2v) is 5.36. The summed E-state index contributed by atoms with van der Waals surface area (Å²) in [5.41, 5.74) is 0. The predicted molar refractivity (Wildman–Crippen MR) is 105 cm³/mol. The zero-order valence-electron chi connectivity index (χ0n) is 14.0. The zero-order chi connectivity index (χ0) is 16.1. The average molecular weight is 442 g/mol. The van der Waals surface area contributed by atoms with E-state index >= 15 is 0 Å². The van der Waals surface area contributed by atoms with Gasteiger partial charge in [0, 0.05) is 46.5 Å². The van der Waals surface area contributed by atoms with Gasteiger partial charge < -0.3 is 15.1 Å². The number of anilines is 1. The van der Waals surface area contributed by atoms with Gasteiger partial charge in [0.15, 0.2) is 5.96 Å². The lowest BCUT2D eigenvalue weighted by atomic mass is 10.3. The quantitative estimate of drug-likeness (QED) is 0.429. The third kappa shape index (κ3) is 4.34. The summed E-state index contributed by atoms with van der Waals surface area (Å²) >= 11 is 0. The Morgan fingerprint density at radius 3 is 2.58 bits per heavy atom. The SMILES string of the molecule is CN=C(NCc1ncnn1C)N1CCN(c2ccccn2)CC1.I. The Labute approximate surface area is 159 Å². The molecule has 0 atom stereocenters. The van der Waals surface area contributed by atoms with Crippen LogP contribution < -0.4 is 10.2 Å². The smallest absolute Gasteiger partial charge is 0.194 e. The van der Waals surface area contributed by atoms with Crippen LogP contribution in [0.5, 0.6) is 0 Å². The van der Waals surface area contributed by atoms with Gasteiger partial charge in [-0.3, -0.25) is 9.67 Å². The number of aryl methyl sites for hydroxylation is 1. The van der Waals surface area contributed by atoms with Crippen LogP contribution in [0.4, 0.5) is 5.82 Å². The first-order chi connectivity index (χ1) is 11.3.